The maximum Gasteiger partial charge on any atom is 0.0583 e. The summed E-state index contributed by atoms with van der Waals surface area (Å²) in [4.78, 5) is 0. The first kappa shape index (κ1) is 14.6. The first-order chi connectivity index (χ1) is 6.45. The Balaban J connectivity index is 3.79. The normalized spacial score (nSPS) is 18.2. The van der Waals surface area contributed by atoms with Crippen molar-refractivity contribution in [3.8, 4) is 0 Å². The second kappa shape index (κ2) is 7.88. The van der Waals surface area contributed by atoms with Gasteiger partial charge in [-0.15, -0.1) is 0 Å². The molecule has 86 valence electrons. The highest BCUT2D eigenvalue weighted by Crippen LogP contribution is 2.10. The van der Waals surface area contributed by atoms with Crippen molar-refractivity contribution >= 4 is 22.6 Å². The Morgan fingerprint density at radius 1 is 1.21 bits per heavy atom. The second-order valence-corrected chi connectivity index (χ2v) is 6.15. The minimum absolute atomic E-state index is 0.274. The summed E-state index contributed by atoms with van der Waals surface area (Å²) < 4.78 is 0.274. The van der Waals surface area contributed by atoms with Gasteiger partial charge in [-0.2, -0.15) is 0 Å². The summed E-state index contributed by atoms with van der Waals surface area (Å²) in [5.74, 6) is 0.767. The molecular formula is C11H25IN2. The van der Waals surface area contributed by atoms with Crippen molar-refractivity contribution in [2.75, 3.05) is 0 Å². The van der Waals surface area contributed by atoms with Crippen LogP contribution >= 0.6 is 22.6 Å². The smallest absolute Gasteiger partial charge is 0.0583 e. The summed E-state index contributed by atoms with van der Waals surface area (Å²) in [7, 11) is 0. The maximum absolute atomic E-state index is 5.79. The molecule has 0 rings (SSSR count). The summed E-state index contributed by atoms with van der Waals surface area (Å²) in [6.45, 7) is 9.02. The first-order valence-electron chi connectivity index (χ1n) is 5.61. The zero-order chi connectivity index (χ0) is 11.1. The lowest BCUT2D eigenvalue weighted by atomic mass is 10.0. The fraction of sp³-hybridized carbons (Fsp3) is 1.00. The lowest BCUT2D eigenvalue weighted by molar-refractivity contribution is 0.370. The second-order valence-electron chi connectivity index (χ2n) is 4.55. The number of nitrogens with two attached hydrogens (primary N) is 1. The van der Waals surface area contributed by atoms with Crippen LogP contribution in [0.15, 0.2) is 0 Å². The van der Waals surface area contributed by atoms with Gasteiger partial charge < -0.3 is 11.1 Å². The van der Waals surface area contributed by atoms with E-state index >= 15 is 0 Å². The Morgan fingerprint density at radius 3 is 2.14 bits per heavy atom. The van der Waals surface area contributed by atoms with E-state index < -0.39 is 0 Å². The van der Waals surface area contributed by atoms with Gasteiger partial charge in [-0.05, 0) is 32.1 Å². The molecule has 0 heterocycles. The van der Waals surface area contributed by atoms with Crippen molar-refractivity contribution < 1.29 is 0 Å². The molecule has 0 aromatic carbocycles. The summed E-state index contributed by atoms with van der Waals surface area (Å²) in [5, 5.41) is 3.64. The average molecular weight is 312 g/mol. The van der Waals surface area contributed by atoms with E-state index in [1.807, 2.05) is 0 Å². The number of hydrogen-bond acceptors (Lipinski definition) is 2. The molecule has 0 aliphatic heterocycles. The summed E-state index contributed by atoms with van der Waals surface area (Å²) in [6, 6.07) is 1.19. The molecular weight excluding hydrogens is 287 g/mol. The van der Waals surface area contributed by atoms with Crippen LogP contribution in [0, 0.1) is 5.92 Å². The quantitative estimate of drug-likeness (QED) is 0.431. The number of hydrogen-bond donors (Lipinski definition) is 2. The molecule has 0 spiro atoms. The molecule has 3 heteroatoms. The molecule has 0 radical (unpaired) electrons. The lowest BCUT2D eigenvalue weighted by Gasteiger charge is -2.24. The maximum atomic E-state index is 5.79. The van der Waals surface area contributed by atoms with Gasteiger partial charge in [0.25, 0.3) is 0 Å². The molecule has 0 aliphatic rings. The Labute approximate surface area is 103 Å². The number of alkyl halides is 1. The zero-order valence-corrected chi connectivity index (χ0v) is 12.0. The van der Waals surface area contributed by atoms with Crippen LogP contribution in [0.2, 0.25) is 0 Å². The number of nitrogens with one attached hydrogen (secondary N) is 1. The minimum atomic E-state index is 0.274. The van der Waals surface area contributed by atoms with Gasteiger partial charge >= 0.3 is 0 Å². The molecule has 0 saturated carbocycles. The Hall–Kier alpha value is 0.650. The van der Waals surface area contributed by atoms with Gasteiger partial charge in [-0.25, -0.2) is 0 Å². The van der Waals surface area contributed by atoms with Gasteiger partial charge in [0.15, 0.2) is 0 Å². The standard InChI is InChI=1S/C11H25IN2/c1-5-10(7-11(12)13)14-9(4)6-8(2)3/h8-11,14H,5-7,13H2,1-4H3. The fourth-order valence-electron chi connectivity index (χ4n) is 1.80. The monoisotopic (exact) mass is 312 g/mol. The SMILES string of the molecule is CCC(CC(N)I)NC(C)CC(C)C. The fourth-order valence-corrected chi connectivity index (χ4v) is 2.42. The van der Waals surface area contributed by atoms with E-state index in [1.54, 1.807) is 0 Å². The molecule has 3 N–H and O–H groups in total. The van der Waals surface area contributed by atoms with Gasteiger partial charge in [0.2, 0.25) is 0 Å². The molecule has 14 heavy (non-hydrogen) atoms. The predicted octanol–water partition coefficient (Wildman–Crippen LogP) is 2.90. The molecule has 0 aromatic heterocycles. The third-order valence-electron chi connectivity index (χ3n) is 2.35. The van der Waals surface area contributed by atoms with Crippen LogP contribution in [0.4, 0.5) is 0 Å². The lowest BCUT2D eigenvalue weighted by Crippen LogP contribution is -2.39. The van der Waals surface area contributed by atoms with Crippen molar-refractivity contribution in [3.05, 3.63) is 0 Å². The van der Waals surface area contributed by atoms with Gasteiger partial charge in [-0.1, -0.05) is 43.4 Å². The van der Waals surface area contributed by atoms with Crippen LogP contribution in [0.5, 0.6) is 0 Å². The molecule has 0 aromatic rings. The number of halogens is 1. The summed E-state index contributed by atoms with van der Waals surface area (Å²) in [5.41, 5.74) is 5.79. The van der Waals surface area contributed by atoms with Gasteiger partial charge in [0.05, 0.1) is 4.05 Å². The topological polar surface area (TPSA) is 38.0 Å². The van der Waals surface area contributed by atoms with Crippen LogP contribution in [0.3, 0.4) is 0 Å². The highest BCUT2D eigenvalue weighted by atomic mass is 127. The van der Waals surface area contributed by atoms with E-state index in [2.05, 4.69) is 55.6 Å². The molecule has 0 saturated heterocycles. The highest BCUT2D eigenvalue weighted by Gasteiger charge is 2.13. The molecule has 3 unspecified atom stereocenters. The van der Waals surface area contributed by atoms with Crippen LogP contribution in [0.25, 0.3) is 0 Å². The highest BCUT2D eigenvalue weighted by molar-refractivity contribution is 14.1. The van der Waals surface area contributed by atoms with Crippen LogP contribution in [0.1, 0.15) is 47.0 Å². The Bertz CT molecular complexity index is 137. The van der Waals surface area contributed by atoms with E-state index in [1.165, 1.54) is 12.8 Å². The Morgan fingerprint density at radius 2 is 1.79 bits per heavy atom. The van der Waals surface area contributed by atoms with Crippen molar-refractivity contribution in [3.63, 3.8) is 0 Å². The third-order valence-corrected chi connectivity index (χ3v) is 2.86. The van der Waals surface area contributed by atoms with Crippen LogP contribution in [-0.4, -0.2) is 16.1 Å². The van der Waals surface area contributed by atoms with Crippen molar-refractivity contribution in [2.45, 2.75) is 63.1 Å². The molecule has 0 fully saturated rings. The van der Waals surface area contributed by atoms with Crippen molar-refractivity contribution in [1.29, 1.82) is 0 Å². The van der Waals surface area contributed by atoms with Crippen molar-refractivity contribution in [2.24, 2.45) is 11.7 Å². The van der Waals surface area contributed by atoms with Crippen LogP contribution in [-0.2, 0) is 0 Å². The van der Waals surface area contributed by atoms with E-state index in [0.717, 1.165) is 12.3 Å². The minimum Gasteiger partial charge on any atom is -0.319 e. The van der Waals surface area contributed by atoms with Gasteiger partial charge in [-0.3, -0.25) is 0 Å². The molecule has 2 nitrogen and oxygen atoms in total. The van der Waals surface area contributed by atoms with E-state index in [4.69, 9.17) is 5.73 Å². The van der Waals surface area contributed by atoms with E-state index in [9.17, 15) is 0 Å². The summed E-state index contributed by atoms with van der Waals surface area (Å²) in [6.07, 6.45) is 3.48. The molecule has 0 aliphatic carbocycles. The van der Waals surface area contributed by atoms with Gasteiger partial charge in [0, 0.05) is 12.1 Å². The van der Waals surface area contributed by atoms with Gasteiger partial charge in [0.1, 0.15) is 0 Å². The average Bonchev–Trinajstić information content (AvgIpc) is 2.00. The Kier molecular flexibility index (Phi) is 8.25. The molecule has 3 atom stereocenters. The number of rotatable bonds is 7. The van der Waals surface area contributed by atoms with E-state index in [0.29, 0.717) is 12.1 Å². The van der Waals surface area contributed by atoms with E-state index in [-0.39, 0.29) is 4.05 Å². The largest absolute Gasteiger partial charge is 0.319 e. The van der Waals surface area contributed by atoms with Crippen LogP contribution < -0.4 is 11.1 Å². The summed E-state index contributed by atoms with van der Waals surface area (Å²) >= 11 is 2.29. The first-order valence-corrected chi connectivity index (χ1v) is 6.85. The predicted molar refractivity (Wildman–Crippen MR) is 72.7 cm³/mol. The zero-order valence-electron chi connectivity index (χ0n) is 9.89. The molecule has 0 bridgehead atoms. The van der Waals surface area contributed by atoms with Crippen molar-refractivity contribution in [1.82, 2.24) is 5.32 Å². The third kappa shape index (κ3) is 8.00. The molecule has 0 amide bonds.